The second-order valence-corrected chi connectivity index (χ2v) is 15.1. The molecule has 326 valence electrons. The van der Waals surface area contributed by atoms with E-state index in [0.717, 1.165) is 26.1 Å². The Kier molecular flexibility index (Phi) is 12.8. The van der Waals surface area contributed by atoms with Crippen molar-refractivity contribution in [2.24, 2.45) is 35.5 Å². The summed E-state index contributed by atoms with van der Waals surface area (Å²) in [5.41, 5.74) is 17.3. The second kappa shape index (κ2) is 18.4. The summed E-state index contributed by atoms with van der Waals surface area (Å²) in [5, 5.41) is 8.87. The van der Waals surface area contributed by atoms with Gasteiger partial charge in [0.1, 0.15) is 22.7 Å². The van der Waals surface area contributed by atoms with Gasteiger partial charge in [0.2, 0.25) is 23.1 Å². The van der Waals surface area contributed by atoms with E-state index in [2.05, 4.69) is 25.1 Å². The van der Waals surface area contributed by atoms with Gasteiger partial charge in [0.15, 0.2) is 0 Å². The third-order valence-corrected chi connectivity index (χ3v) is 10.9. The zero-order valence-corrected chi connectivity index (χ0v) is 36.0. The molecule has 7 rings (SSSR count). The van der Waals surface area contributed by atoms with Crippen LogP contribution in [0.1, 0.15) is 73.3 Å². The molecule has 1 fully saturated rings. The fourth-order valence-corrected chi connectivity index (χ4v) is 7.82. The lowest BCUT2D eigenvalue weighted by atomic mass is 10.1. The topological polar surface area (TPSA) is 222 Å². The minimum Gasteiger partial charge on any atom is -0.491 e. The van der Waals surface area contributed by atoms with E-state index in [4.69, 9.17) is 20.9 Å². The number of ether oxygens (including phenoxy) is 2. The number of imidazole rings is 2. The van der Waals surface area contributed by atoms with Crippen molar-refractivity contribution in [1.82, 2.24) is 42.7 Å². The number of amides is 4. The lowest BCUT2D eigenvalue weighted by Crippen LogP contribution is -2.37. The van der Waals surface area contributed by atoms with Gasteiger partial charge in [-0.1, -0.05) is 12.2 Å². The molecule has 0 saturated carbocycles. The van der Waals surface area contributed by atoms with E-state index in [0.29, 0.717) is 100 Å². The highest BCUT2D eigenvalue weighted by Crippen LogP contribution is 2.28. The Morgan fingerprint density at radius 3 is 1.87 bits per heavy atom. The summed E-state index contributed by atoms with van der Waals surface area (Å²) in [4.78, 5) is 64.0. The number of aryl methyl sites for hydroxylation is 6. The minimum atomic E-state index is -0.626. The van der Waals surface area contributed by atoms with Gasteiger partial charge in [-0.15, -0.1) is 0 Å². The molecule has 4 aromatic heterocycles. The molecule has 5 heterocycles. The number of primary amides is 2. The van der Waals surface area contributed by atoms with Gasteiger partial charge in [-0.2, -0.15) is 20.2 Å². The molecular formula is C43H53N13O6. The predicted molar refractivity (Wildman–Crippen MR) is 230 cm³/mol. The number of nitrogens with zero attached hydrogens (tertiary/aromatic N) is 11. The summed E-state index contributed by atoms with van der Waals surface area (Å²) in [5.74, 6) is -1.75. The van der Waals surface area contributed by atoms with Crippen molar-refractivity contribution in [2.45, 2.75) is 60.3 Å². The van der Waals surface area contributed by atoms with Crippen LogP contribution in [0.5, 0.6) is 5.75 Å². The quantitative estimate of drug-likeness (QED) is 0.114. The number of aromatic nitrogens is 8. The summed E-state index contributed by atoms with van der Waals surface area (Å²) in [6, 6.07) is 11.8. The summed E-state index contributed by atoms with van der Waals surface area (Å²) in [7, 11) is 3.54. The second-order valence-electron chi connectivity index (χ2n) is 15.1. The first-order valence-corrected chi connectivity index (χ1v) is 20.7. The molecule has 19 heteroatoms. The van der Waals surface area contributed by atoms with Crippen molar-refractivity contribution < 1.29 is 28.7 Å². The zero-order chi connectivity index (χ0) is 44.2. The minimum absolute atomic E-state index is 0.215. The lowest BCUT2D eigenvalue weighted by Gasteiger charge is -2.26. The standard InChI is InChI=1S/C43H53N13O6/c1-7-55-34(22-27(3)48-55)40(59)46-42-50(5)32-24-29(38(44)57)12-13-31(32)53(42)15-9-10-16-54-37-33(51(6)43(54)47-41(60)35-23-28(4)49-56(35)8-2)25-30(39(45)58)26-36(37)62-19-11-14-52-17-20-61-21-18-52/h9-10,12-13,22-26H,7-8,11,14-21H2,1-6H3,(H2,44,57)(H2,45,58)/b10-9+,46-42+,47-43+. The van der Waals surface area contributed by atoms with Gasteiger partial charge in [0, 0.05) is 71.0 Å². The van der Waals surface area contributed by atoms with E-state index in [-0.39, 0.29) is 18.7 Å². The molecule has 0 radical (unpaired) electrons. The number of benzene rings is 2. The number of rotatable bonds is 15. The molecule has 2 aromatic carbocycles. The van der Waals surface area contributed by atoms with Crippen LogP contribution in [0.15, 0.2) is 64.6 Å². The number of morpholine rings is 1. The lowest BCUT2D eigenvalue weighted by molar-refractivity contribution is 0.0358. The first-order valence-electron chi connectivity index (χ1n) is 20.7. The molecule has 4 N–H and O–H groups in total. The molecule has 1 aliphatic rings. The number of allylic oxidation sites excluding steroid dienone is 2. The van der Waals surface area contributed by atoms with Crippen molar-refractivity contribution in [1.29, 1.82) is 0 Å². The molecule has 0 bridgehead atoms. The Morgan fingerprint density at radius 1 is 0.742 bits per heavy atom. The van der Waals surface area contributed by atoms with Gasteiger partial charge in [0.05, 0.1) is 47.8 Å². The highest BCUT2D eigenvalue weighted by atomic mass is 16.5. The molecule has 1 saturated heterocycles. The van der Waals surface area contributed by atoms with Crippen molar-refractivity contribution in [2.75, 3.05) is 39.5 Å². The molecule has 62 heavy (non-hydrogen) atoms. The van der Waals surface area contributed by atoms with Gasteiger partial charge >= 0.3 is 0 Å². The normalized spacial score (nSPS) is 14.2. The van der Waals surface area contributed by atoms with Crippen molar-refractivity contribution in [3.63, 3.8) is 0 Å². The number of nitrogens with two attached hydrogens (primary N) is 2. The number of hydrogen-bond donors (Lipinski definition) is 2. The molecule has 6 aromatic rings. The van der Waals surface area contributed by atoms with E-state index >= 15 is 0 Å². The van der Waals surface area contributed by atoms with Gasteiger partial charge in [0.25, 0.3) is 11.8 Å². The first kappa shape index (κ1) is 43.2. The number of carbonyl (C=O) groups excluding carboxylic acids is 4. The van der Waals surface area contributed by atoms with Crippen LogP contribution in [-0.2, 0) is 45.0 Å². The Hall–Kier alpha value is -6.86. The van der Waals surface area contributed by atoms with Crippen molar-refractivity contribution in [3.8, 4) is 5.75 Å². The number of fused-ring (bicyclic) bond motifs is 2. The van der Waals surface area contributed by atoms with Crippen LogP contribution in [-0.4, -0.2) is 106 Å². The molecule has 0 aliphatic carbocycles. The molecule has 0 spiro atoms. The Balaban J connectivity index is 1.31. The van der Waals surface area contributed by atoms with Gasteiger partial charge < -0.3 is 39.2 Å². The van der Waals surface area contributed by atoms with Crippen LogP contribution in [0.3, 0.4) is 0 Å². The highest BCUT2D eigenvalue weighted by Gasteiger charge is 2.21. The van der Waals surface area contributed by atoms with E-state index in [9.17, 15) is 19.2 Å². The first-order chi connectivity index (χ1) is 29.8. The summed E-state index contributed by atoms with van der Waals surface area (Å²) in [6.07, 6.45) is 4.56. The van der Waals surface area contributed by atoms with E-state index in [1.54, 1.807) is 75.1 Å². The molecule has 19 nitrogen and oxygen atoms in total. The maximum absolute atomic E-state index is 13.9. The summed E-state index contributed by atoms with van der Waals surface area (Å²) in [6.45, 7) is 13.1. The average Bonchev–Trinajstić information content (AvgIpc) is 3.99. The predicted octanol–water partition coefficient (Wildman–Crippen LogP) is 2.36. The maximum Gasteiger partial charge on any atom is 0.298 e. The fourth-order valence-electron chi connectivity index (χ4n) is 7.82. The zero-order valence-electron chi connectivity index (χ0n) is 36.0. The van der Waals surface area contributed by atoms with Gasteiger partial charge in [-0.3, -0.25) is 33.4 Å². The van der Waals surface area contributed by atoms with E-state index < -0.39 is 23.6 Å². The molecule has 1 aliphatic heterocycles. The molecule has 4 amide bonds. The Bertz CT molecular complexity index is 2870. The maximum atomic E-state index is 13.9. The Labute approximate surface area is 357 Å². The van der Waals surface area contributed by atoms with Crippen molar-refractivity contribution in [3.05, 3.63) is 99.8 Å². The van der Waals surface area contributed by atoms with Crippen LogP contribution in [0.25, 0.3) is 22.1 Å². The monoisotopic (exact) mass is 847 g/mol. The molecular weight excluding hydrogens is 795 g/mol. The summed E-state index contributed by atoms with van der Waals surface area (Å²) < 4.78 is 22.4. The highest BCUT2D eigenvalue weighted by molar-refractivity contribution is 5.99. The smallest absolute Gasteiger partial charge is 0.298 e. The van der Waals surface area contributed by atoms with Crippen LogP contribution in [0.4, 0.5) is 0 Å². The average molecular weight is 848 g/mol. The number of carbonyl (C=O) groups is 4. The third kappa shape index (κ3) is 8.80. The third-order valence-electron chi connectivity index (χ3n) is 10.9. The van der Waals surface area contributed by atoms with Crippen LogP contribution >= 0.6 is 0 Å². The number of hydrogen-bond acceptors (Lipinski definition) is 9. The molecule has 0 unspecified atom stereocenters. The van der Waals surface area contributed by atoms with Crippen molar-refractivity contribution >= 4 is 45.7 Å². The van der Waals surface area contributed by atoms with Crippen LogP contribution < -0.4 is 27.4 Å². The van der Waals surface area contributed by atoms with E-state index in [1.165, 1.54) is 0 Å². The Morgan fingerprint density at radius 2 is 1.29 bits per heavy atom. The van der Waals surface area contributed by atoms with Crippen LogP contribution in [0, 0.1) is 13.8 Å². The molecule has 0 atom stereocenters. The fraction of sp³-hybridized carbons (Fsp3) is 0.395. The SMILES string of the molecule is CCn1nc(C)cc1C(=O)/N=c1\n(C)c2cc(C(N)=O)ccc2n1C/C=C/Cn1/c(=N/C(=O)c2cc(C)nn2CC)n(C)c2cc(C(N)=O)cc(OCCCN3CCOCC3)c21. The van der Waals surface area contributed by atoms with E-state index in [1.807, 2.05) is 49.0 Å². The van der Waals surface area contributed by atoms with Gasteiger partial charge in [-0.25, -0.2) is 0 Å². The summed E-state index contributed by atoms with van der Waals surface area (Å²) >= 11 is 0. The van der Waals surface area contributed by atoms with Crippen LogP contribution in [0.2, 0.25) is 0 Å². The largest absolute Gasteiger partial charge is 0.491 e. The van der Waals surface area contributed by atoms with Gasteiger partial charge in [-0.05, 0) is 76.6 Å².